The molecule has 3 fully saturated rings. The van der Waals surface area contributed by atoms with Crippen LogP contribution in [0.1, 0.15) is 64.4 Å². The molecule has 6 atom stereocenters. The SMILES string of the molecule is C[C@@]12CC[C@H]3[C@@H](CC=C4C[C@H](O)CC[C@]43C)[C@H]1C/C(=C\c1ccc(F)cc1)C2=O. The number of allylic oxidation sites excluding steroid dienone is 2. The molecule has 1 aromatic carbocycles. The topological polar surface area (TPSA) is 37.3 Å². The largest absolute Gasteiger partial charge is 0.393 e. The van der Waals surface area contributed by atoms with E-state index in [9.17, 15) is 14.3 Å². The third kappa shape index (κ3) is 2.88. The van der Waals surface area contributed by atoms with Gasteiger partial charge in [0.25, 0.3) is 0 Å². The molecule has 0 amide bonds. The summed E-state index contributed by atoms with van der Waals surface area (Å²) in [5, 5.41) is 10.2. The van der Waals surface area contributed by atoms with Crippen LogP contribution in [0.15, 0.2) is 41.5 Å². The quantitative estimate of drug-likeness (QED) is 0.489. The lowest BCUT2D eigenvalue weighted by molar-refractivity contribution is -0.130. The predicted octanol–water partition coefficient (Wildman–Crippen LogP) is 5.71. The molecule has 4 aliphatic carbocycles. The first-order chi connectivity index (χ1) is 13.8. The van der Waals surface area contributed by atoms with Crippen LogP contribution in [0, 0.1) is 34.4 Å². The van der Waals surface area contributed by atoms with Crippen LogP contribution in [-0.2, 0) is 4.79 Å². The van der Waals surface area contributed by atoms with E-state index in [4.69, 9.17) is 0 Å². The van der Waals surface area contributed by atoms with Crippen molar-refractivity contribution in [2.75, 3.05) is 0 Å². The minimum atomic E-state index is -0.261. The van der Waals surface area contributed by atoms with Crippen LogP contribution in [0.3, 0.4) is 0 Å². The van der Waals surface area contributed by atoms with Gasteiger partial charge in [0, 0.05) is 5.41 Å². The third-order valence-corrected chi connectivity index (χ3v) is 8.93. The molecule has 1 aromatic rings. The van der Waals surface area contributed by atoms with Gasteiger partial charge in [-0.2, -0.15) is 0 Å². The van der Waals surface area contributed by atoms with Gasteiger partial charge >= 0.3 is 0 Å². The van der Waals surface area contributed by atoms with E-state index in [1.165, 1.54) is 17.7 Å². The fraction of sp³-hybridized carbons (Fsp3) is 0.577. The molecule has 0 bridgehead atoms. The van der Waals surface area contributed by atoms with Gasteiger partial charge in [0.2, 0.25) is 0 Å². The number of aliphatic hydroxyl groups is 1. The van der Waals surface area contributed by atoms with Crippen molar-refractivity contribution in [3.63, 3.8) is 0 Å². The minimum absolute atomic E-state index is 0.182. The zero-order valence-corrected chi connectivity index (χ0v) is 17.5. The summed E-state index contributed by atoms with van der Waals surface area (Å²) in [7, 11) is 0. The number of carbonyl (C=O) groups excluding carboxylic acids is 1. The molecule has 154 valence electrons. The van der Waals surface area contributed by atoms with E-state index >= 15 is 0 Å². The van der Waals surface area contributed by atoms with E-state index in [2.05, 4.69) is 19.9 Å². The summed E-state index contributed by atoms with van der Waals surface area (Å²) in [5.74, 6) is 1.61. The maximum absolute atomic E-state index is 13.4. The van der Waals surface area contributed by atoms with Gasteiger partial charge in [-0.3, -0.25) is 4.79 Å². The molecule has 0 heterocycles. The lowest BCUT2D eigenvalue weighted by Crippen LogP contribution is -2.50. The average molecular weight is 395 g/mol. The summed E-state index contributed by atoms with van der Waals surface area (Å²) in [6.07, 6.45) is 11.0. The summed E-state index contributed by atoms with van der Waals surface area (Å²) in [4.78, 5) is 13.4. The number of fused-ring (bicyclic) bond motifs is 5. The Kier molecular flexibility index (Phi) is 4.40. The van der Waals surface area contributed by atoms with Crippen LogP contribution >= 0.6 is 0 Å². The van der Waals surface area contributed by atoms with E-state index in [0.29, 0.717) is 23.5 Å². The van der Waals surface area contributed by atoms with Gasteiger partial charge in [-0.05, 0) is 97.5 Å². The molecule has 5 rings (SSSR count). The maximum atomic E-state index is 13.4. The fourth-order valence-electron chi connectivity index (χ4n) is 7.20. The first-order valence-corrected chi connectivity index (χ1v) is 11.2. The number of ketones is 1. The third-order valence-electron chi connectivity index (χ3n) is 8.93. The molecule has 0 radical (unpaired) electrons. The van der Waals surface area contributed by atoms with Gasteiger partial charge in [-0.15, -0.1) is 0 Å². The Morgan fingerprint density at radius 3 is 2.52 bits per heavy atom. The van der Waals surface area contributed by atoms with Crippen molar-refractivity contribution in [2.24, 2.45) is 28.6 Å². The highest BCUT2D eigenvalue weighted by Gasteiger charge is 2.59. The van der Waals surface area contributed by atoms with Crippen LogP contribution in [0.4, 0.5) is 4.39 Å². The monoisotopic (exact) mass is 394 g/mol. The number of hydrogen-bond donors (Lipinski definition) is 1. The Balaban J connectivity index is 1.47. The van der Waals surface area contributed by atoms with Crippen LogP contribution in [0.2, 0.25) is 0 Å². The molecular weight excluding hydrogens is 363 g/mol. The molecule has 3 heteroatoms. The number of aliphatic hydroxyl groups excluding tert-OH is 1. The van der Waals surface area contributed by atoms with Crippen LogP contribution in [0.25, 0.3) is 6.08 Å². The number of hydrogen-bond acceptors (Lipinski definition) is 2. The summed E-state index contributed by atoms with van der Waals surface area (Å²) in [6.45, 7) is 4.60. The predicted molar refractivity (Wildman–Crippen MR) is 112 cm³/mol. The normalized spacial score (nSPS) is 42.8. The zero-order chi connectivity index (χ0) is 20.4. The standard InChI is InChI=1S/C26H31FO2/c1-25-11-9-20(28)15-18(25)5-8-21-22(25)10-12-26(2)23(21)14-17(24(26)29)13-16-3-6-19(27)7-4-16/h3-7,13,20-23,28H,8-12,14-15H2,1-2H3/b17-13+/t20-,21-,22+,23-,25-,26-/m1/s1. The van der Waals surface area contributed by atoms with Gasteiger partial charge in [-0.1, -0.05) is 37.6 Å². The Hall–Kier alpha value is -1.74. The Morgan fingerprint density at radius 2 is 1.76 bits per heavy atom. The van der Waals surface area contributed by atoms with E-state index < -0.39 is 0 Å². The second kappa shape index (κ2) is 6.63. The fourth-order valence-corrected chi connectivity index (χ4v) is 7.20. The Labute approximate surface area is 172 Å². The van der Waals surface area contributed by atoms with Gasteiger partial charge in [0.05, 0.1) is 6.10 Å². The molecule has 0 saturated heterocycles. The lowest BCUT2D eigenvalue weighted by atomic mass is 9.48. The molecule has 1 N–H and O–H groups in total. The van der Waals surface area contributed by atoms with Crippen molar-refractivity contribution in [1.82, 2.24) is 0 Å². The number of Topliss-reactive ketones (excluding diaryl/α,β-unsaturated/α-hetero) is 1. The molecule has 0 aromatic heterocycles. The number of carbonyl (C=O) groups is 1. The number of halogens is 1. The molecule has 2 nitrogen and oxygen atoms in total. The highest BCUT2D eigenvalue weighted by Crippen LogP contribution is 2.64. The molecule has 3 saturated carbocycles. The van der Waals surface area contributed by atoms with Crippen molar-refractivity contribution in [2.45, 2.75) is 64.9 Å². The number of benzene rings is 1. The Morgan fingerprint density at radius 1 is 1.03 bits per heavy atom. The van der Waals surface area contributed by atoms with Crippen molar-refractivity contribution >= 4 is 11.9 Å². The summed E-state index contributed by atoms with van der Waals surface area (Å²) in [6, 6.07) is 6.43. The van der Waals surface area contributed by atoms with Gasteiger partial charge in [0.15, 0.2) is 5.78 Å². The molecule has 29 heavy (non-hydrogen) atoms. The molecule has 0 aliphatic heterocycles. The molecular formula is C26H31FO2. The van der Waals surface area contributed by atoms with Crippen molar-refractivity contribution in [3.05, 3.63) is 52.9 Å². The second-order valence-electron chi connectivity index (χ2n) is 10.4. The zero-order valence-electron chi connectivity index (χ0n) is 17.5. The van der Waals surface area contributed by atoms with Crippen LogP contribution in [0.5, 0.6) is 0 Å². The van der Waals surface area contributed by atoms with Crippen molar-refractivity contribution in [1.29, 1.82) is 0 Å². The van der Waals surface area contributed by atoms with Gasteiger partial charge in [-0.25, -0.2) is 4.39 Å². The van der Waals surface area contributed by atoms with Crippen molar-refractivity contribution in [3.8, 4) is 0 Å². The summed E-state index contributed by atoms with van der Waals surface area (Å²) >= 11 is 0. The van der Waals surface area contributed by atoms with Crippen molar-refractivity contribution < 1.29 is 14.3 Å². The van der Waals surface area contributed by atoms with Gasteiger partial charge < -0.3 is 5.11 Å². The molecule has 0 spiro atoms. The van der Waals surface area contributed by atoms with Gasteiger partial charge in [0.1, 0.15) is 5.82 Å². The average Bonchev–Trinajstić information content (AvgIpc) is 2.95. The molecule has 4 aliphatic rings. The maximum Gasteiger partial charge on any atom is 0.165 e. The highest BCUT2D eigenvalue weighted by atomic mass is 19.1. The van der Waals surface area contributed by atoms with Crippen LogP contribution in [-0.4, -0.2) is 17.0 Å². The van der Waals surface area contributed by atoms with E-state index in [-0.39, 0.29) is 22.8 Å². The summed E-state index contributed by atoms with van der Waals surface area (Å²) in [5.41, 5.74) is 3.22. The van der Waals surface area contributed by atoms with E-state index in [1.807, 2.05) is 6.08 Å². The minimum Gasteiger partial charge on any atom is -0.393 e. The van der Waals surface area contributed by atoms with E-state index in [1.54, 1.807) is 12.1 Å². The smallest absolute Gasteiger partial charge is 0.165 e. The lowest BCUT2D eigenvalue weighted by Gasteiger charge is -2.56. The first kappa shape index (κ1) is 19.2. The van der Waals surface area contributed by atoms with Crippen LogP contribution < -0.4 is 0 Å². The first-order valence-electron chi connectivity index (χ1n) is 11.2. The Bertz CT molecular complexity index is 898. The summed E-state index contributed by atoms with van der Waals surface area (Å²) < 4.78 is 13.3. The highest BCUT2D eigenvalue weighted by molar-refractivity contribution is 6.05. The number of rotatable bonds is 1. The van der Waals surface area contributed by atoms with E-state index in [0.717, 1.165) is 56.1 Å². The molecule has 0 unspecified atom stereocenters. The second-order valence-corrected chi connectivity index (χ2v) is 10.4.